The van der Waals surface area contributed by atoms with E-state index in [9.17, 15) is 9.59 Å². The number of aromatic carboxylic acids is 1. The average Bonchev–Trinajstić information content (AvgIpc) is 2.89. The molecule has 0 aliphatic carbocycles. The fourth-order valence-electron chi connectivity index (χ4n) is 1.51. The van der Waals surface area contributed by atoms with Gasteiger partial charge in [0.2, 0.25) is 5.76 Å². The first-order chi connectivity index (χ1) is 9.95. The number of hydrogen-bond donors (Lipinski definition) is 3. The van der Waals surface area contributed by atoms with Crippen LogP contribution >= 0.6 is 34.2 Å². The van der Waals surface area contributed by atoms with Crippen LogP contribution in [0.25, 0.3) is 0 Å². The third-order valence-corrected chi connectivity index (χ3v) is 3.60. The third kappa shape index (κ3) is 4.36. The summed E-state index contributed by atoms with van der Waals surface area (Å²) in [6, 6.07) is 7.49. The molecule has 8 heteroatoms. The molecule has 3 N–H and O–H groups in total. The van der Waals surface area contributed by atoms with Gasteiger partial charge in [-0.05, 0) is 52.9 Å². The number of amides is 2. The molecule has 21 heavy (non-hydrogen) atoms. The van der Waals surface area contributed by atoms with Crippen molar-refractivity contribution >= 4 is 51.9 Å². The van der Waals surface area contributed by atoms with E-state index in [1.54, 1.807) is 18.2 Å². The summed E-state index contributed by atoms with van der Waals surface area (Å²) in [6.07, 6.45) is 0. The topological polar surface area (TPSA) is 91.6 Å². The standard InChI is InChI=1S/C13H10ClIN2O4/c14-7-1-3-10(9(15)5-7)17-13(20)16-6-8-2-4-11(21-8)12(18)19/h1-5H,6H2,(H,18,19)(H2,16,17,20). The van der Waals surface area contributed by atoms with Crippen LogP contribution < -0.4 is 10.6 Å². The Hall–Kier alpha value is -1.74. The van der Waals surface area contributed by atoms with Crippen LogP contribution in [0.1, 0.15) is 16.3 Å². The van der Waals surface area contributed by atoms with Gasteiger partial charge in [-0.1, -0.05) is 11.6 Å². The molecule has 0 aliphatic heterocycles. The predicted octanol–water partition coefficient (Wildman–Crippen LogP) is 3.56. The van der Waals surface area contributed by atoms with Crippen LogP contribution in [0.5, 0.6) is 0 Å². The molecule has 2 amide bonds. The summed E-state index contributed by atoms with van der Waals surface area (Å²) >= 11 is 7.89. The van der Waals surface area contributed by atoms with E-state index in [4.69, 9.17) is 21.1 Å². The predicted molar refractivity (Wildman–Crippen MR) is 85.7 cm³/mol. The van der Waals surface area contributed by atoms with Gasteiger partial charge in [-0.2, -0.15) is 0 Å². The van der Waals surface area contributed by atoms with E-state index in [0.29, 0.717) is 16.5 Å². The molecule has 6 nitrogen and oxygen atoms in total. The maximum atomic E-state index is 11.7. The molecule has 0 saturated carbocycles. The largest absolute Gasteiger partial charge is 0.475 e. The van der Waals surface area contributed by atoms with Gasteiger partial charge in [0.1, 0.15) is 5.76 Å². The molecule has 1 aromatic heterocycles. The lowest BCUT2D eigenvalue weighted by atomic mass is 10.3. The molecule has 0 radical (unpaired) electrons. The van der Waals surface area contributed by atoms with Crippen molar-refractivity contribution in [3.8, 4) is 0 Å². The fraction of sp³-hybridized carbons (Fsp3) is 0.0769. The lowest BCUT2D eigenvalue weighted by Crippen LogP contribution is -2.28. The summed E-state index contributed by atoms with van der Waals surface area (Å²) in [4.78, 5) is 22.4. The highest BCUT2D eigenvalue weighted by Gasteiger charge is 2.10. The molecule has 0 atom stereocenters. The summed E-state index contributed by atoms with van der Waals surface area (Å²) in [5, 5.41) is 14.5. The van der Waals surface area contributed by atoms with E-state index in [-0.39, 0.29) is 12.3 Å². The van der Waals surface area contributed by atoms with Gasteiger partial charge in [0, 0.05) is 8.59 Å². The van der Waals surface area contributed by atoms with E-state index in [1.807, 2.05) is 0 Å². The molecule has 0 fully saturated rings. The van der Waals surface area contributed by atoms with Crippen molar-refractivity contribution < 1.29 is 19.1 Å². The van der Waals surface area contributed by atoms with Crippen LogP contribution in [0.4, 0.5) is 10.5 Å². The zero-order valence-corrected chi connectivity index (χ0v) is 13.4. The number of carbonyl (C=O) groups excluding carboxylic acids is 1. The van der Waals surface area contributed by atoms with Crippen molar-refractivity contribution in [2.24, 2.45) is 0 Å². The number of hydrogen-bond acceptors (Lipinski definition) is 3. The number of rotatable bonds is 4. The maximum Gasteiger partial charge on any atom is 0.371 e. The number of nitrogens with one attached hydrogen (secondary N) is 2. The summed E-state index contributed by atoms with van der Waals surface area (Å²) in [6.45, 7) is 0.0866. The summed E-state index contributed by atoms with van der Waals surface area (Å²) < 4.78 is 5.83. The monoisotopic (exact) mass is 420 g/mol. The summed E-state index contributed by atoms with van der Waals surface area (Å²) in [5.74, 6) is -0.964. The maximum absolute atomic E-state index is 11.7. The Morgan fingerprint density at radius 3 is 2.67 bits per heavy atom. The second kappa shape index (κ2) is 6.81. The normalized spacial score (nSPS) is 10.2. The Bertz CT molecular complexity index is 687. The van der Waals surface area contributed by atoms with Crippen LogP contribution in [-0.4, -0.2) is 17.1 Å². The van der Waals surface area contributed by atoms with Gasteiger partial charge in [0.25, 0.3) is 0 Å². The van der Waals surface area contributed by atoms with Crippen molar-refractivity contribution in [1.82, 2.24) is 5.32 Å². The Morgan fingerprint density at radius 2 is 2.05 bits per heavy atom. The molecule has 110 valence electrons. The van der Waals surface area contributed by atoms with Crippen LogP contribution in [0, 0.1) is 3.57 Å². The molecule has 0 bridgehead atoms. The van der Waals surface area contributed by atoms with Gasteiger partial charge < -0.3 is 20.2 Å². The number of urea groups is 1. The van der Waals surface area contributed by atoms with Crippen LogP contribution in [-0.2, 0) is 6.54 Å². The summed E-state index contributed by atoms with van der Waals surface area (Å²) in [5.41, 5.74) is 0.628. The van der Waals surface area contributed by atoms with Gasteiger partial charge in [-0.25, -0.2) is 9.59 Å². The number of carbonyl (C=O) groups is 2. The highest BCUT2D eigenvalue weighted by atomic mass is 127. The zero-order valence-electron chi connectivity index (χ0n) is 10.5. The number of anilines is 1. The van der Waals surface area contributed by atoms with Gasteiger partial charge >= 0.3 is 12.0 Å². The molecule has 1 aromatic carbocycles. The zero-order chi connectivity index (χ0) is 15.4. The first-order valence-corrected chi connectivity index (χ1v) is 7.23. The third-order valence-electron chi connectivity index (χ3n) is 2.47. The Morgan fingerprint density at radius 1 is 1.29 bits per heavy atom. The van der Waals surface area contributed by atoms with Gasteiger partial charge in [-0.15, -0.1) is 0 Å². The van der Waals surface area contributed by atoms with Gasteiger partial charge in [0.15, 0.2) is 0 Å². The van der Waals surface area contributed by atoms with Crippen LogP contribution in [0.15, 0.2) is 34.7 Å². The van der Waals surface area contributed by atoms with Gasteiger partial charge in [-0.3, -0.25) is 0 Å². The SMILES string of the molecule is O=C(NCc1ccc(C(=O)O)o1)Nc1ccc(Cl)cc1I. The van der Waals surface area contributed by atoms with E-state index >= 15 is 0 Å². The molecule has 1 heterocycles. The molecule has 0 aliphatic rings. The number of furan rings is 1. The molecular weight excluding hydrogens is 411 g/mol. The molecule has 2 aromatic rings. The number of carboxylic acids is 1. The Labute approximate surface area is 138 Å². The molecule has 0 unspecified atom stereocenters. The van der Waals surface area contributed by atoms with Crippen molar-refractivity contribution in [3.63, 3.8) is 0 Å². The highest BCUT2D eigenvalue weighted by molar-refractivity contribution is 14.1. The van der Waals surface area contributed by atoms with E-state index in [0.717, 1.165) is 3.57 Å². The second-order valence-electron chi connectivity index (χ2n) is 4.00. The fourth-order valence-corrected chi connectivity index (χ4v) is 2.52. The lowest BCUT2D eigenvalue weighted by molar-refractivity contribution is 0.0660. The molecular formula is C13H10ClIN2O4. The van der Waals surface area contributed by atoms with E-state index in [1.165, 1.54) is 12.1 Å². The molecule has 0 spiro atoms. The van der Waals surface area contributed by atoms with Crippen molar-refractivity contribution in [1.29, 1.82) is 0 Å². The second-order valence-corrected chi connectivity index (χ2v) is 5.60. The van der Waals surface area contributed by atoms with Crippen molar-refractivity contribution in [2.75, 3.05) is 5.32 Å². The average molecular weight is 421 g/mol. The van der Waals surface area contributed by atoms with Crippen LogP contribution in [0.3, 0.4) is 0 Å². The Balaban J connectivity index is 1.91. The number of halogens is 2. The summed E-state index contributed by atoms with van der Waals surface area (Å²) in [7, 11) is 0. The van der Waals surface area contributed by atoms with Crippen molar-refractivity contribution in [2.45, 2.75) is 6.54 Å². The number of benzene rings is 1. The first kappa shape index (κ1) is 15.6. The van der Waals surface area contributed by atoms with Crippen molar-refractivity contribution in [3.05, 3.63) is 50.4 Å². The molecule has 2 rings (SSSR count). The Kier molecular flexibility index (Phi) is 5.07. The van der Waals surface area contributed by atoms with E-state index in [2.05, 4.69) is 33.2 Å². The quantitative estimate of drug-likeness (QED) is 0.660. The minimum atomic E-state index is -1.15. The smallest absolute Gasteiger partial charge is 0.371 e. The molecule has 0 saturated heterocycles. The first-order valence-electron chi connectivity index (χ1n) is 5.77. The minimum absolute atomic E-state index is 0.0866. The number of carboxylic acid groups (broad SMARTS) is 1. The van der Waals surface area contributed by atoms with Crippen LogP contribution in [0.2, 0.25) is 5.02 Å². The lowest BCUT2D eigenvalue weighted by Gasteiger charge is -2.08. The minimum Gasteiger partial charge on any atom is -0.475 e. The highest BCUT2D eigenvalue weighted by Crippen LogP contribution is 2.22. The van der Waals surface area contributed by atoms with E-state index < -0.39 is 12.0 Å². The van der Waals surface area contributed by atoms with Gasteiger partial charge in [0.05, 0.1) is 12.2 Å².